The number of ether oxygens (including phenoxy) is 1. The smallest absolute Gasteiger partial charge is 0.269 e. The van der Waals surface area contributed by atoms with Gasteiger partial charge in [0.15, 0.2) is 5.17 Å². The second kappa shape index (κ2) is 13.3. The number of carbonyl (C=O) groups excluding carboxylic acids is 1. The van der Waals surface area contributed by atoms with E-state index >= 15 is 0 Å². The van der Waals surface area contributed by atoms with Crippen LogP contribution in [0.2, 0.25) is 0 Å². The maximum atomic E-state index is 13.7. The molecule has 0 bridgehead atoms. The second-order valence-corrected chi connectivity index (χ2v) is 13.6. The lowest BCUT2D eigenvalue weighted by atomic mass is 9.94. The summed E-state index contributed by atoms with van der Waals surface area (Å²) in [5.74, 6) is 0.857. The molecule has 1 aliphatic heterocycles. The van der Waals surface area contributed by atoms with Crippen LogP contribution in [0, 0.1) is 17.3 Å². The third-order valence-corrected chi connectivity index (χ3v) is 10.1. The fraction of sp³-hybridized carbons (Fsp3) is 0.448. The number of thioether (sulfide) groups is 1. The third-order valence-electron chi connectivity index (χ3n) is 7.49. The summed E-state index contributed by atoms with van der Waals surface area (Å²) in [5.41, 5.74) is 1.89. The molecule has 7 nitrogen and oxygen atoms in total. The van der Waals surface area contributed by atoms with Gasteiger partial charge >= 0.3 is 0 Å². The van der Waals surface area contributed by atoms with Crippen LogP contribution in [0.4, 0.5) is 5.69 Å². The van der Waals surface area contributed by atoms with Gasteiger partial charge in [0.2, 0.25) is 0 Å². The average molecular weight is 771 g/mol. The Labute approximate surface area is 260 Å². The topological polar surface area (TPSA) is 85.0 Å². The minimum Gasteiger partial charge on any atom is -0.487 e. The number of amidine groups is 1. The summed E-state index contributed by atoms with van der Waals surface area (Å²) in [6, 6.07) is 11.1. The van der Waals surface area contributed by atoms with Crippen molar-refractivity contribution in [3.8, 4) is 5.75 Å². The number of hydrogen-bond acceptors (Lipinski definition) is 6. The van der Waals surface area contributed by atoms with Gasteiger partial charge in [-0.15, -0.1) is 0 Å². The maximum Gasteiger partial charge on any atom is 0.269 e. The Morgan fingerprint density at radius 1 is 1.00 bits per heavy atom. The molecule has 206 valence electrons. The molecule has 0 atom stereocenters. The summed E-state index contributed by atoms with van der Waals surface area (Å²) < 4.78 is 7.99. The molecule has 0 radical (unpaired) electrons. The minimum absolute atomic E-state index is 0.0635. The number of halogens is 2. The van der Waals surface area contributed by atoms with Crippen molar-refractivity contribution in [1.82, 2.24) is 4.90 Å². The average Bonchev–Trinajstić information content (AvgIpc) is 3.23. The van der Waals surface area contributed by atoms with E-state index in [-0.39, 0.29) is 17.6 Å². The van der Waals surface area contributed by atoms with Gasteiger partial charge in [-0.25, -0.2) is 0 Å². The van der Waals surface area contributed by atoms with Crippen LogP contribution in [0.25, 0.3) is 6.08 Å². The van der Waals surface area contributed by atoms with Gasteiger partial charge in [0, 0.05) is 18.2 Å². The number of non-ortho nitro benzene ring substituents is 1. The monoisotopic (exact) mass is 771 g/mol. The van der Waals surface area contributed by atoms with E-state index in [0.29, 0.717) is 12.6 Å². The number of amides is 1. The van der Waals surface area contributed by atoms with E-state index in [1.807, 2.05) is 23.1 Å². The van der Waals surface area contributed by atoms with Crippen LogP contribution >= 0.6 is 56.9 Å². The van der Waals surface area contributed by atoms with Crippen LogP contribution in [-0.2, 0) is 11.4 Å². The lowest BCUT2D eigenvalue weighted by Crippen LogP contribution is -2.41. The Bertz CT molecular complexity index is 1260. The van der Waals surface area contributed by atoms with E-state index in [9.17, 15) is 14.9 Å². The molecule has 0 N–H and O–H groups in total. The number of nitro benzene ring substituents is 1. The largest absolute Gasteiger partial charge is 0.487 e. The first-order chi connectivity index (χ1) is 18.9. The maximum absolute atomic E-state index is 13.7. The van der Waals surface area contributed by atoms with Crippen molar-refractivity contribution in [3.05, 3.63) is 69.7 Å². The number of benzene rings is 2. The summed E-state index contributed by atoms with van der Waals surface area (Å²) in [4.78, 5) is 32.1. The normalized spacial score (nSPS) is 21.2. The van der Waals surface area contributed by atoms with E-state index in [0.717, 1.165) is 59.8 Å². The molecular formula is C29H31I2N3O4S. The summed E-state index contributed by atoms with van der Waals surface area (Å²) in [6.07, 6.45) is 13.7. The molecule has 2 aromatic rings. The molecule has 2 saturated carbocycles. The first kappa shape index (κ1) is 28.8. The van der Waals surface area contributed by atoms with Gasteiger partial charge in [-0.2, -0.15) is 0 Å². The Morgan fingerprint density at radius 3 is 2.23 bits per heavy atom. The van der Waals surface area contributed by atoms with E-state index < -0.39 is 4.92 Å². The first-order valence-electron chi connectivity index (χ1n) is 13.5. The van der Waals surface area contributed by atoms with E-state index in [4.69, 9.17) is 9.73 Å². The van der Waals surface area contributed by atoms with Crippen molar-refractivity contribution in [2.45, 2.75) is 82.9 Å². The molecule has 39 heavy (non-hydrogen) atoms. The summed E-state index contributed by atoms with van der Waals surface area (Å²) >= 11 is 6.07. The number of aliphatic imine (C=N–C) groups is 1. The molecule has 1 saturated heterocycles. The van der Waals surface area contributed by atoms with Crippen LogP contribution in [0.3, 0.4) is 0 Å². The van der Waals surface area contributed by atoms with Crippen LogP contribution in [0.5, 0.6) is 5.75 Å². The van der Waals surface area contributed by atoms with Crippen LogP contribution in [0.1, 0.15) is 75.3 Å². The predicted molar refractivity (Wildman–Crippen MR) is 173 cm³/mol. The highest BCUT2D eigenvalue weighted by Crippen LogP contribution is 2.39. The second-order valence-electron chi connectivity index (χ2n) is 10.3. The van der Waals surface area contributed by atoms with Gasteiger partial charge in [-0.3, -0.25) is 24.8 Å². The van der Waals surface area contributed by atoms with Gasteiger partial charge < -0.3 is 4.74 Å². The Morgan fingerprint density at radius 2 is 1.62 bits per heavy atom. The standard InChI is InChI=1S/C29H31I2N3O4S/c30-24-15-20(16-25(31)27(24)38-18-19-11-13-23(14-12-19)34(36)37)17-26-28(35)33(22-9-5-2-6-10-22)29(39-26)32-21-7-3-1-4-8-21/h11-17,21-22H,1-10,18H2. The molecule has 5 rings (SSSR count). The Balaban J connectivity index is 1.34. The molecule has 0 aromatic heterocycles. The van der Waals surface area contributed by atoms with Crippen molar-refractivity contribution in [1.29, 1.82) is 0 Å². The van der Waals surface area contributed by atoms with Crippen molar-refractivity contribution in [3.63, 3.8) is 0 Å². The summed E-state index contributed by atoms with van der Waals surface area (Å²) in [6.45, 7) is 0.316. The lowest BCUT2D eigenvalue weighted by Gasteiger charge is -2.31. The number of nitro groups is 1. The van der Waals surface area contributed by atoms with Crippen LogP contribution in [0.15, 0.2) is 46.3 Å². The fourth-order valence-electron chi connectivity index (χ4n) is 5.43. The predicted octanol–water partition coefficient (Wildman–Crippen LogP) is 8.32. The third kappa shape index (κ3) is 7.16. The van der Waals surface area contributed by atoms with Crippen molar-refractivity contribution < 1.29 is 14.5 Å². The van der Waals surface area contributed by atoms with Gasteiger partial charge in [-0.05, 0) is 124 Å². The van der Waals surface area contributed by atoms with Gasteiger partial charge in [0.25, 0.3) is 11.6 Å². The van der Waals surface area contributed by atoms with Crippen molar-refractivity contribution >= 4 is 79.8 Å². The van der Waals surface area contributed by atoms with Crippen molar-refractivity contribution in [2.75, 3.05) is 0 Å². The number of nitrogens with zero attached hydrogens (tertiary/aromatic N) is 3. The molecule has 3 fully saturated rings. The number of hydrogen-bond donors (Lipinski definition) is 0. The molecule has 0 unspecified atom stereocenters. The van der Waals surface area contributed by atoms with E-state index in [1.54, 1.807) is 12.1 Å². The highest BCUT2D eigenvalue weighted by molar-refractivity contribution is 14.1. The van der Waals surface area contributed by atoms with Crippen molar-refractivity contribution in [2.24, 2.45) is 4.99 Å². The summed E-state index contributed by atoms with van der Waals surface area (Å²) in [7, 11) is 0. The highest BCUT2D eigenvalue weighted by Gasteiger charge is 2.39. The SMILES string of the molecule is O=C1C(=Cc2cc(I)c(OCc3ccc([N+](=O)[O-])cc3)c(I)c2)SC(=NC2CCCCC2)N1C1CCCCC1. The molecule has 1 amide bonds. The van der Waals surface area contributed by atoms with Gasteiger partial charge in [0.05, 0.1) is 23.0 Å². The zero-order valence-corrected chi connectivity index (χ0v) is 26.7. The molecule has 0 spiro atoms. The Hall–Kier alpha value is -1.67. The number of rotatable bonds is 7. The molecule has 1 heterocycles. The van der Waals surface area contributed by atoms with Gasteiger partial charge in [0.1, 0.15) is 12.4 Å². The highest BCUT2D eigenvalue weighted by atomic mass is 127. The summed E-state index contributed by atoms with van der Waals surface area (Å²) in [5, 5.41) is 11.8. The van der Waals surface area contributed by atoms with Crippen LogP contribution in [-0.4, -0.2) is 33.0 Å². The van der Waals surface area contributed by atoms with E-state index in [1.165, 1.54) is 62.4 Å². The molecule has 2 aromatic carbocycles. The number of carbonyl (C=O) groups is 1. The Kier molecular flexibility index (Phi) is 9.86. The molecule has 2 aliphatic carbocycles. The zero-order valence-electron chi connectivity index (χ0n) is 21.6. The van der Waals surface area contributed by atoms with E-state index in [2.05, 4.69) is 45.2 Å². The molecule has 3 aliphatic rings. The zero-order chi connectivity index (χ0) is 27.4. The molecule has 10 heteroatoms. The molecular weight excluding hydrogens is 740 g/mol. The lowest BCUT2D eigenvalue weighted by molar-refractivity contribution is -0.384. The van der Waals surface area contributed by atoms with Crippen LogP contribution < -0.4 is 4.74 Å². The van der Waals surface area contributed by atoms with Gasteiger partial charge in [-0.1, -0.05) is 38.5 Å². The fourth-order valence-corrected chi connectivity index (χ4v) is 8.66. The first-order valence-corrected chi connectivity index (χ1v) is 16.5. The minimum atomic E-state index is -0.406. The quantitative estimate of drug-likeness (QED) is 0.122.